The molecule has 7 heteroatoms. The molecule has 0 aromatic carbocycles. The first-order valence-corrected chi connectivity index (χ1v) is 5.76. The Hall–Kier alpha value is -1.47. The summed E-state index contributed by atoms with van der Waals surface area (Å²) in [6, 6.07) is 0. The van der Waals surface area contributed by atoms with Crippen molar-refractivity contribution < 1.29 is 19.4 Å². The summed E-state index contributed by atoms with van der Waals surface area (Å²) < 4.78 is 5.01. The van der Waals surface area contributed by atoms with Crippen molar-refractivity contribution in [2.45, 2.75) is 26.0 Å². The number of thiazole rings is 1. The van der Waals surface area contributed by atoms with Crippen LogP contribution in [-0.2, 0) is 16.1 Å². The van der Waals surface area contributed by atoms with E-state index in [9.17, 15) is 9.59 Å². The smallest absolute Gasteiger partial charge is 0.355 e. The zero-order valence-corrected chi connectivity index (χ0v) is 10.6. The van der Waals surface area contributed by atoms with Crippen molar-refractivity contribution in [2.24, 2.45) is 0 Å². The molecule has 1 heterocycles. The minimum atomic E-state index is -1.07. The van der Waals surface area contributed by atoms with Crippen molar-refractivity contribution in [1.29, 1.82) is 0 Å². The second-order valence-electron chi connectivity index (χ2n) is 3.83. The van der Waals surface area contributed by atoms with E-state index in [0.29, 0.717) is 5.01 Å². The molecule has 1 rings (SSSR count). The van der Waals surface area contributed by atoms with Gasteiger partial charge in [0.05, 0.1) is 6.54 Å². The normalized spacial score (nSPS) is 11.2. The summed E-state index contributed by atoms with van der Waals surface area (Å²) in [6.07, 6.45) is 0. The molecular weight excluding hydrogens is 244 g/mol. The fraction of sp³-hybridized carbons (Fsp3) is 0.500. The van der Waals surface area contributed by atoms with Crippen molar-refractivity contribution in [3.05, 3.63) is 16.1 Å². The summed E-state index contributed by atoms with van der Waals surface area (Å²) in [5.74, 6) is -1.34. The molecule has 0 aliphatic heterocycles. The standard InChI is InChI=1S/C10H14N2O4S/c1-10(2,16-3)9(15)11-4-7-12-6(5-17-7)8(13)14/h5H,4H2,1-3H3,(H,11,15)(H,13,14). The van der Waals surface area contributed by atoms with Crippen LogP contribution >= 0.6 is 11.3 Å². The predicted molar refractivity (Wildman–Crippen MR) is 62.0 cm³/mol. The molecule has 6 nitrogen and oxygen atoms in total. The lowest BCUT2D eigenvalue weighted by Crippen LogP contribution is -2.43. The van der Waals surface area contributed by atoms with Crippen molar-refractivity contribution in [3.8, 4) is 0 Å². The molecule has 0 spiro atoms. The number of carbonyl (C=O) groups excluding carboxylic acids is 1. The summed E-state index contributed by atoms with van der Waals surface area (Å²) in [5, 5.41) is 13.3. The highest BCUT2D eigenvalue weighted by molar-refractivity contribution is 7.09. The van der Waals surface area contributed by atoms with Gasteiger partial charge in [-0.2, -0.15) is 0 Å². The Morgan fingerprint density at radius 3 is 2.71 bits per heavy atom. The Labute approximate surface area is 103 Å². The predicted octanol–water partition coefficient (Wildman–Crippen LogP) is 0.883. The van der Waals surface area contributed by atoms with Gasteiger partial charge >= 0.3 is 5.97 Å². The maximum atomic E-state index is 11.6. The quantitative estimate of drug-likeness (QED) is 0.818. The molecule has 0 saturated heterocycles. The van der Waals surface area contributed by atoms with Gasteiger partial charge in [0.2, 0.25) is 0 Å². The van der Waals surface area contributed by atoms with Crippen molar-refractivity contribution in [2.75, 3.05) is 7.11 Å². The largest absolute Gasteiger partial charge is 0.476 e. The third-order valence-corrected chi connectivity index (χ3v) is 3.08. The molecule has 0 saturated carbocycles. The number of aromatic carboxylic acids is 1. The lowest BCUT2D eigenvalue weighted by Gasteiger charge is -2.21. The maximum Gasteiger partial charge on any atom is 0.355 e. The van der Waals surface area contributed by atoms with Crippen LogP contribution in [0.1, 0.15) is 29.3 Å². The van der Waals surface area contributed by atoms with E-state index in [2.05, 4.69) is 10.3 Å². The van der Waals surface area contributed by atoms with E-state index in [-0.39, 0.29) is 18.1 Å². The van der Waals surface area contributed by atoms with Gasteiger partial charge in [-0.15, -0.1) is 11.3 Å². The Morgan fingerprint density at radius 1 is 1.59 bits per heavy atom. The fourth-order valence-electron chi connectivity index (χ4n) is 0.952. The Balaban J connectivity index is 2.56. The van der Waals surface area contributed by atoms with Crippen molar-refractivity contribution in [3.63, 3.8) is 0 Å². The highest BCUT2D eigenvalue weighted by Crippen LogP contribution is 2.11. The Kier molecular flexibility index (Phi) is 4.19. The van der Waals surface area contributed by atoms with Gasteiger partial charge in [-0.25, -0.2) is 9.78 Å². The third-order valence-electron chi connectivity index (χ3n) is 2.23. The van der Waals surface area contributed by atoms with Gasteiger partial charge in [-0.05, 0) is 13.8 Å². The Morgan fingerprint density at radius 2 is 2.24 bits per heavy atom. The van der Waals surface area contributed by atoms with Gasteiger partial charge in [-0.3, -0.25) is 4.79 Å². The van der Waals surface area contributed by atoms with Crippen LogP contribution in [0, 0.1) is 0 Å². The first-order chi connectivity index (χ1) is 7.86. The van der Waals surface area contributed by atoms with Gasteiger partial charge in [0.1, 0.15) is 10.6 Å². The number of nitrogens with zero attached hydrogens (tertiary/aromatic N) is 1. The van der Waals surface area contributed by atoms with Crippen LogP contribution in [0.5, 0.6) is 0 Å². The second-order valence-corrected chi connectivity index (χ2v) is 4.77. The van der Waals surface area contributed by atoms with E-state index in [4.69, 9.17) is 9.84 Å². The number of aromatic nitrogens is 1. The first-order valence-electron chi connectivity index (χ1n) is 4.88. The van der Waals surface area contributed by atoms with E-state index in [1.54, 1.807) is 13.8 Å². The number of hydrogen-bond donors (Lipinski definition) is 2. The van der Waals surface area contributed by atoms with Crippen LogP contribution in [0.15, 0.2) is 5.38 Å². The van der Waals surface area contributed by atoms with Crippen molar-refractivity contribution >= 4 is 23.2 Å². The van der Waals surface area contributed by atoms with Crippen LogP contribution in [0.4, 0.5) is 0 Å². The molecule has 0 unspecified atom stereocenters. The second kappa shape index (κ2) is 5.24. The number of nitrogens with one attached hydrogen (secondary N) is 1. The van der Waals surface area contributed by atoms with Gasteiger partial charge in [-0.1, -0.05) is 0 Å². The molecule has 0 aliphatic rings. The highest BCUT2D eigenvalue weighted by atomic mass is 32.1. The number of carboxylic acid groups (broad SMARTS) is 1. The minimum absolute atomic E-state index is 0.00903. The fourth-order valence-corrected chi connectivity index (χ4v) is 1.66. The molecule has 17 heavy (non-hydrogen) atoms. The highest BCUT2D eigenvalue weighted by Gasteiger charge is 2.26. The first kappa shape index (κ1) is 13.6. The van der Waals surface area contributed by atoms with E-state index in [1.807, 2.05) is 0 Å². The number of carboxylic acids is 1. The van der Waals surface area contributed by atoms with Crippen LogP contribution in [0.3, 0.4) is 0 Å². The number of rotatable bonds is 5. The van der Waals surface area contributed by atoms with Gasteiger partial charge < -0.3 is 15.2 Å². The maximum absolute atomic E-state index is 11.6. The van der Waals surface area contributed by atoms with E-state index in [0.717, 1.165) is 0 Å². The molecule has 94 valence electrons. The summed E-state index contributed by atoms with van der Waals surface area (Å²) in [5.41, 5.74) is -0.919. The molecule has 2 N–H and O–H groups in total. The lowest BCUT2D eigenvalue weighted by atomic mass is 10.1. The van der Waals surface area contributed by atoms with Crippen LogP contribution in [0.2, 0.25) is 0 Å². The van der Waals surface area contributed by atoms with Gasteiger partial charge in [0, 0.05) is 12.5 Å². The summed E-state index contributed by atoms with van der Waals surface area (Å²) in [4.78, 5) is 26.1. The topological polar surface area (TPSA) is 88.5 Å². The van der Waals surface area contributed by atoms with E-state index in [1.165, 1.54) is 23.8 Å². The summed E-state index contributed by atoms with van der Waals surface area (Å²) in [6.45, 7) is 3.49. The van der Waals surface area contributed by atoms with Crippen molar-refractivity contribution in [1.82, 2.24) is 10.3 Å². The zero-order chi connectivity index (χ0) is 13.1. The van der Waals surface area contributed by atoms with Gasteiger partial charge in [0.25, 0.3) is 5.91 Å². The summed E-state index contributed by atoms with van der Waals surface area (Å²) >= 11 is 1.19. The molecule has 1 aromatic rings. The third kappa shape index (κ3) is 3.50. The Bertz CT molecular complexity index is 428. The molecule has 0 atom stereocenters. The van der Waals surface area contributed by atoms with Crippen LogP contribution in [0.25, 0.3) is 0 Å². The summed E-state index contributed by atoms with van der Waals surface area (Å²) in [7, 11) is 1.45. The monoisotopic (exact) mass is 258 g/mol. The van der Waals surface area contributed by atoms with Crippen LogP contribution in [-0.4, -0.2) is 34.7 Å². The zero-order valence-electron chi connectivity index (χ0n) is 9.81. The SMILES string of the molecule is COC(C)(C)C(=O)NCc1nc(C(=O)O)cs1. The molecule has 0 radical (unpaired) electrons. The molecule has 1 aromatic heterocycles. The molecule has 0 bridgehead atoms. The van der Waals surface area contributed by atoms with Crippen LogP contribution < -0.4 is 5.32 Å². The average Bonchev–Trinajstić information content (AvgIpc) is 2.74. The number of methoxy groups -OCH3 is 1. The number of hydrogen-bond acceptors (Lipinski definition) is 5. The molecule has 1 amide bonds. The van der Waals surface area contributed by atoms with E-state index < -0.39 is 11.6 Å². The molecule has 0 aliphatic carbocycles. The minimum Gasteiger partial charge on any atom is -0.476 e. The molecule has 0 fully saturated rings. The van der Waals surface area contributed by atoms with Gasteiger partial charge in [0.15, 0.2) is 5.69 Å². The number of amides is 1. The van der Waals surface area contributed by atoms with E-state index >= 15 is 0 Å². The average molecular weight is 258 g/mol. The number of carbonyl (C=O) groups is 2. The number of ether oxygens (including phenoxy) is 1. The molecular formula is C10H14N2O4S. The lowest BCUT2D eigenvalue weighted by molar-refractivity contribution is -0.139.